The van der Waals surface area contributed by atoms with E-state index < -0.39 is 5.60 Å². The van der Waals surface area contributed by atoms with E-state index in [0.29, 0.717) is 19.3 Å². The van der Waals surface area contributed by atoms with E-state index in [0.717, 1.165) is 32.4 Å². The van der Waals surface area contributed by atoms with Crippen LogP contribution in [0.25, 0.3) is 0 Å². The molecule has 5 heteroatoms. The number of amides is 1. The molecule has 5 nitrogen and oxygen atoms in total. The van der Waals surface area contributed by atoms with Gasteiger partial charge in [0.15, 0.2) is 0 Å². The number of hydrogen-bond donors (Lipinski definition) is 1. The molecule has 0 aromatic heterocycles. The summed E-state index contributed by atoms with van der Waals surface area (Å²) in [5.41, 5.74) is 2.18. The Hall–Kier alpha value is -1.59. The van der Waals surface area contributed by atoms with Crippen LogP contribution >= 0.6 is 0 Å². The third-order valence-electron chi connectivity index (χ3n) is 4.79. The van der Waals surface area contributed by atoms with Crippen LogP contribution in [0.2, 0.25) is 0 Å². The average Bonchev–Trinajstić information content (AvgIpc) is 2.79. The number of rotatable bonds is 2. The van der Waals surface area contributed by atoms with E-state index in [-0.39, 0.29) is 12.1 Å². The largest absolute Gasteiger partial charge is 0.444 e. The van der Waals surface area contributed by atoms with E-state index >= 15 is 0 Å². The fraction of sp³-hybridized carbons (Fsp3) is 0.650. The van der Waals surface area contributed by atoms with Crippen molar-refractivity contribution in [3.63, 3.8) is 0 Å². The van der Waals surface area contributed by atoms with E-state index in [1.165, 1.54) is 11.1 Å². The Balaban J connectivity index is 1.57. The fourth-order valence-corrected chi connectivity index (χ4v) is 3.58. The van der Waals surface area contributed by atoms with Crippen LogP contribution in [-0.4, -0.2) is 42.3 Å². The molecule has 25 heavy (non-hydrogen) atoms. The molecule has 0 saturated carbocycles. The van der Waals surface area contributed by atoms with Crippen molar-refractivity contribution >= 4 is 6.09 Å². The number of nitrogens with zero attached hydrogens (tertiary/aromatic N) is 1. The molecule has 0 bridgehead atoms. The van der Waals surface area contributed by atoms with Gasteiger partial charge in [-0.2, -0.15) is 0 Å². The summed E-state index contributed by atoms with van der Waals surface area (Å²) in [4.78, 5) is 14.1. The molecule has 1 amide bonds. The first kappa shape index (κ1) is 18.2. The van der Waals surface area contributed by atoms with Crippen molar-refractivity contribution in [1.82, 2.24) is 10.2 Å². The summed E-state index contributed by atoms with van der Waals surface area (Å²) in [5, 5.41) is 3.76. The van der Waals surface area contributed by atoms with E-state index in [9.17, 15) is 4.79 Å². The summed E-state index contributed by atoms with van der Waals surface area (Å²) in [6.07, 6.45) is 2.81. The van der Waals surface area contributed by atoms with Gasteiger partial charge < -0.3 is 19.7 Å². The summed E-state index contributed by atoms with van der Waals surface area (Å²) in [6.45, 7) is 8.65. The van der Waals surface area contributed by atoms with Crippen LogP contribution in [-0.2, 0) is 16.1 Å². The zero-order valence-corrected chi connectivity index (χ0v) is 15.6. The molecule has 2 aliphatic heterocycles. The van der Waals surface area contributed by atoms with Gasteiger partial charge >= 0.3 is 6.09 Å². The van der Waals surface area contributed by atoms with Gasteiger partial charge in [0.25, 0.3) is 0 Å². The van der Waals surface area contributed by atoms with E-state index in [2.05, 4.69) is 29.6 Å². The van der Waals surface area contributed by atoms with Crippen molar-refractivity contribution in [3.05, 3.63) is 35.4 Å². The van der Waals surface area contributed by atoms with Gasteiger partial charge in [-0.25, -0.2) is 4.79 Å². The Kier molecular flexibility index (Phi) is 5.64. The van der Waals surface area contributed by atoms with Gasteiger partial charge in [-0.05, 0) is 51.2 Å². The maximum Gasteiger partial charge on any atom is 0.410 e. The molecule has 0 aliphatic carbocycles. The number of hydrogen-bond acceptors (Lipinski definition) is 4. The molecule has 3 rings (SSSR count). The zero-order chi connectivity index (χ0) is 17.9. The van der Waals surface area contributed by atoms with E-state index in [1.54, 1.807) is 0 Å². The van der Waals surface area contributed by atoms with Crippen LogP contribution in [0.3, 0.4) is 0 Å². The highest BCUT2D eigenvalue weighted by Crippen LogP contribution is 2.26. The summed E-state index contributed by atoms with van der Waals surface area (Å²) in [5.74, 6) is 0. The third kappa shape index (κ3) is 4.95. The molecule has 2 atom stereocenters. The number of fused-ring (bicyclic) bond motifs is 1. The van der Waals surface area contributed by atoms with Crippen LogP contribution in [0.4, 0.5) is 4.79 Å². The number of ether oxygens (including phenoxy) is 2. The molecule has 2 heterocycles. The van der Waals surface area contributed by atoms with Crippen molar-refractivity contribution in [2.45, 2.75) is 64.3 Å². The van der Waals surface area contributed by atoms with Crippen molar-refractivity contribution in [1.29, 1.82) is 0 Å². The Morgan fingerprint density at radius 2 is 2.04 bits per heavy atom. The first-order valence-corrected chi connectivity index (χ1v) is 9.32. The molecular formula is C20H30N2O3. The third-order valence-corrected chi connectivity index (χ3v) is 4.79. The highest BCUT2D eigenvalue weighted by molar-refractivity contribution is 5.68. The Labute approximate surface area is 150 Å². The molecule has 138 valence electrons. The highest BCUT2D eigenvalue weighted by atomic mass is 16.6. The van der Waals surface area contributed by atoms with Gasteiger partial charge in [-0.15, -0.1) is 0 Å². The smallest absolute Gasteiger partial charge is 0.410 e. The molecule has 0 spiro atoms. The number of carbonyl (C=O) groups excluding carboxylic acids is 1. The van der Waals surface area contributed by atoms with Crippen molar-refractivity contribution in [2.75, 3.05) is 19.7 Å². The normalized spacial score (nSPS) is 24.4. The van der Waals surface area contributed by atoms with Gasteiger partial charge in [0, 0.05) is 19.1 Å². The molecule has 0 radical (unpaired) electrons. The van der Waals surface area contributed by atoms with Crippen LogP contribution in [0, 0.1) is 0 Å². The van der Waals surface area contributed by atoms with Crippen molar-refractivity contribution in [2.24, 2.45) is 0 Å². The quantitative estimate of drug-likeness (QED) is 0.888. The summed E-state index contributed by atoms with van der Waals surface area (Å²) >= 11 is 0. The second kappa shape index (κ2) is 7.75. The minimum atomic E-state index is -0.440. The number of nitrogens with one attached hydrogen (secondary N) is 1. The minimum Gasteiger partial charge on any atom is -0.444 e. The molecule has 1 N–H and O–H groups in total. The van der Waals surface area contributed by atoms with Crippen molar-refractivity contribution < 1.29 is 14.3 Å². The number of carbonyl (C=O) groups is 1. The molecule has 1 saturated heterocycles. The zero-order valence-electron chi connectivity index (χ0n) is 15.6. The second-order valence-electron chi connectivity index (χ2n) is 8.03. The van der Waals surface area contributed by atoms with E-state index in [1.807, 2.05) is 25.7 Å². The average molecular weight is 346 g/mol. The Morgan fingerprint density at radius 3 is 2.84 bits per heavy atom. The number of benzene rings is 1. The topological polar surface area (TPSA) is 50.8 Å². The SMILES string of the molecule is CC(C)(C)OC(=O)N1CCCC(NC2COCc3ccccc32)CC1. The second-order valence-corrected chi connectivity index (χ2v) is 8.03. The lowest BCUT2D eigenvalue weighted by Gasteiger charge is -2.30. The molecule has 1 aromatic rings. The molecule has 2 unspecified atom stereocenters. The first-order chi connectivity index (χ1) is 11.9. The van der Waals surface area contributed by atoms with Gasteiger partial charge in [-0.3, -0.25) is 0 Å². The number of likely N-dealkylation sites (tertiary alicyclic amines) is 1. The van der Waals surface area contributed by atoms with E-state index in [4.69, 9.17) is 9.47 Å². The van der Waals surface area contributed by atoms with Gasteiger partial charge in [0.05, 0.1) is 19.3 Å². The monoisotopic (exact) mass is 346 g/mol. The fourth-order valence-electron chi connectivity index (χ4n) is 3.58. The summed E-state index contributed by atoms with van der Waals surface area (Å²) in [7, 11) is 0. The predicted molar refractivity (Wildman–Crippen MR) is 97.4 cm³/mol. The van der Waals surface area contributed by atoms with Crippen LogP contribution < -0.4 is 5.32 Å². The van der Waals surface area contributed by atoms with Crippen LogP contribution in [0.15, 0.2) is 24.3 Å². The minimum absolute atomic E-state index is 0.195. The highest BCUT2D eigenvalue weighted by Gasteiger charge is 2.27. The van der Waals surface area contributed by atoms with Crippen molar-refractivity contribution in [3.8, 4) is 0 Å². The first-order valence-electron chi connectivity index (χ1n) is 9.32. The van der Waals surface area contributed by atoms with Gasteiger partial charge in [0.1, 0.15) is 5.60 Å². The molecule has 2 aliphatic rings. The Bertz CT molecular complexity index is 597. The Morgan fingerprint density at radius 1 is 1.24 bits per heavy atom. The molecule has 1 aromatic carbocycles. The van der Waals surface area contributed by atoms with Crippen LogP contribution in [0.5, 0.6) is 0 Å². The maximum absolute atomic E-state index is 12.3. The lowest BCUT2D eigenvalue weighted by molar-refractivity contribution is 0.0255. The predicted octanol–water partition coefficient (Wildman–Crippen LogP) is 3.64. The van der Waals surface area contributed by atoms with Gasteiger partial charge in [0.2, 0.25) is 0 Å². The summed E-state index contributed by atoms with van der Waals surface area (Å²) < 4.78 is 11.3. The maximum atomic E-state index is 12.3. The molecule has 1 fully saturated rings. The van der Waals surface area contributed by atoms with Crippen LogP contribution in [0.1, 0.15) is 57.2 Å². The lowest BCUT2D eigenvalue weighted by atomic mass is 9.97. The van der Waals surface area contributed by atoms with Gasteiger partial charge in [-0.1, -0.05) is 24.3 Å². The summed E-state index contributed by atoms with van der Waals surface area (Å²) in [6, 6.07) is 9.13. The standard InChI is InChI=1S/C20H30N2O3/c1-20(2,3)25-19(23)22-11-6-8-16(10-12-22)21-18-14-24-13-15-7-4-5-9-17(15)18/h4-5,7,9,16,18,21H,6,8,10-14H2,1-3H3. The lowest BCUT2D eigenvalue weighted by Crippen LogP contribution is -2.39. The molecular weight excluding hydrogens is 316 g/mol.